The zero-order chi connectivity index (χ0) is 19.7. The number of pyridine rings is 2. The van der Waals surface area contributed by atoms with Gasteiger partial charge in [-0.05, 0) is 42.5 Å². The van der Waals surface area contributed by atoms with Gasteiger partial charge in [0, 0.05) is 40.3 Å². The van der Waals surface area contributed by atoms with Crippen LogP contribution in [0.2, 0.25) is 10.0 Å². The summed E-state index contributed by atoms with van der Waals surface area (Å²) >= 11 is 12.0. The SMILES string of the molecule is O=C(Nc1ccc(Cl)cc1Cl)C(=O)c1c(-c2cccnc2)cc2ccccn12. The minimum absolute atomic E-state index is 0.251. The van der Waals surface area contributed by atoms with E-state index in [1.54, 1.807) is 47.3 Å². The summed E-state index contributed by atoms with van der Waals surface area (Å²) in [6.07, 6.45) is 5.04. The second-order valence-corrected chi connectivity index (χ2v) is 6.89. The van der Waals surface area contributed by atoms with Gasteiger partial charge in [-0.15, -0.1) is 0 Å². The summed E-state index contributed by atoms with van der Waals surface area (Å²) in [5.41, 5.74) is 2.73. The molecule has 0 saturated heterocycles. The molecule has 0 aliphatic carbocycles. The number of benzene rings is 1. The highest BCUT2D eigenvalue weighted by atomic mass is 35.5. The van der Waals surface area contributed by atoms with Crippen molar-refractivity contribution in [3.63, 3.8) is 0 Å². The smallest absolute Gasteiger partial charge is 0.298 e. The molecule has 28 heavy (non-hydrogen) atoms. The molecule has 7 heteroatoms. The number of amides is 1. The molecule has 0 saturated carbocycles. The molecule has 0 aliphatic rings. The number of nitrogens with zero attached hydrogens (tertiary/aromatic N) is 2. The lowest BCUT2D eigenvalue weighted by atomic mass is 10.1. The van der Waals surface area contributed by atoms with E-state index in [9.17, 15) is 9.59 Å². The van der Waals surface area contributed by atoms with E-state index in [2.05, 4.69) is 10.3 Å². The normalized spacial score (nSPS) is 10.8. The average Bonchev–Trinajstić information content (AvgIpc) is 3.09. The number of halogens is 2. The van der Waals surface area contributed by atoms with E-state index in [1.165, 1.54) is 6.07 Å². The molecular formula is C21H13Cl2N3O2. The highest BCUT2D eigenvalue weighted by Crippen LogP contribution is 2.29. The number of anilines is 1. The molecule has 0 bridgehead atoms. The Hall–Kier alpha value is -3.15. The summed E-state index contributed by atoms with van der Waals surface area (Å²) in [7, 11) is 0. The van der Waals surface area contributed by atoms with Gasteiger partial charge in [-0.3, -0.25) is 14.6 Å². The molecule has 3 heterocycles. The molecule has 3 aromatic heterocycles. The van der Waals surface area contributed by atoms with Gasteiger partial charge < -0.3 is 9.72 Å². The van der Waals surface area contributed by atoms with Gasteiger partial charge >= 0.3 is 0 Å². The molecule has 0 atom stereocenters. The Bertz CT molecular complexity index is 1200. The van der Waals surface area contributed by atoms with E-state index in [1.807, 2.05) is 24.3 Å². The standard InChI is InChI=1S/C21H13Cl2N3O2/c22-14-6-7-18(17(23)10-14)25-21(28)20(27)19-16(13-4-3-8-24-12-13)11-15-5-1-2-9-26(15)19/h1-12H,(H,25,28). The minimum atomic E-state index is -0.793. The van der Waals surface area contributed by atoms with Crippen LogP contribution in [-0.2, 0) is 4.79 Å². The zero-order valence-electron chi connectivity index (χ0n) is 14.4. The molecule has 0 spiro atoms. The molecule has 0 fully saturated rings. The number of hydrogen-bond acceptors (Lipinski definition) is 3. The first-order chi connectivity index (χ1) is 13.5. The van der Waals surface area contributed by atoms with Crippen LogP contribution in [0.1, 0.15) is 10.5 Å². The topological polar surface area (TPSA) is 63.5 Å². The van der Waals surface area contributed by atoms with Gasteiger partial charge in [0.15, 0.2) is 0 Å². The van der Waals surface area contributed by atoms with Crippen LogP contribution >= 0.6 is 23.2 Å². The first-order valence-corrected chi connectivity index (χ1v) is 9.11. The fraction of sp³-hybridized carbons (Fsp3) is 0. The second kappa shape index (κ2) is 7.46. The van der Waals surface area contributed by atoms with Crippen LogP contribution in [0.15, 0.2) is 73.2 Å². The van der Waals surface area contributed by atoms with Gasteiger partial charge in [0.25, 0.3) is 11.7 Å². The Morgan fingerprint density at radius 2 is 1.86 bits per heavy atom. The first-order valence-electron chi connectivity index (χ1n) is 8.36. The van der Waals surface area contributed by atoms with Crippen molar-refractivity contribution >= 4 is 46.1 Å². The third-order valence-electron chi connectivity index (χ3n) is 4.25. The van der Waals surface area contributed by atoms with E-state index in [4.69, 9.17) is 23.2 Å². The van der Waals surface area contributed by atoms with Crippen molar-refractivity contribution in [2.75, 3.05) is 5.32 Å². The number of aromatic nitrogens is 2. The Kier molecular flexibility index (Phi) is 4.86. The summed E-state index contributed by atoms with van der Waals surface area (Å²) in [5, 5.41) is 3.25. The molecule has 4 aromatic rings. The van der Waals surface area contributed by atoms with Crippen molar-refractivity contribution < 1.29 is 9.59 Å². The lowest BCUT2D eigenvalue weighted by Gasteiger charge is -2.09. The van der Waals surface area contributed by atoms with Crippen LogP contribution < -0.4 is 5.32 Å². The third-order valence-corrected chi connectivity index (χ3v) is 4.80. The molecule has 5 nitrogen and oxygen atoms in total. The molecule has 1 amide bonds. The molecule has 4 rings (SSSR count). The second-order valence-electron chi connectivity index (χ2n) is 6.05. The highest BCUT2D eigenvalue weighted by molar-refractivity contribution is 6.48. The Balaban J connectivity index is 1.77. The number of hydrogen-bond donors (Lipinski definition) is 1. The number of carbonyl (C=O) groups is 2. The van der Waals surface area contributed by atoms with E-state index in [0.29, 0.717) is 16.3 Å². The predicted octanol–water partition coefficient (Wildman–Crippen LogP) is 5.13. The lowest BCUT2D eigenvalue weighted by Crippen LogP contribution is -2.24. The summed E-state index contributed by atoms with van der Waals surface area (Å²) < 4.78 is 1.69. The summed E-state index contributed by atoms with van der Waals surface area (Å²) in [4.78, 5) is 29.9. The van der Waals surface area contributed by atoms with Crippen LogP contribution in [0.4, 0.5) is 5.69 Å². The maximum Gasteiger partial charge on any atom is 0.298 e. The fourth-order valence-corrected chi connectivity index (χ4v) is 3.43. The predicted molar refractivity (Wildman–Crippen MR) is 110 cm³/mol. The third kappa shape index (κ3) is 3.38. The van der Waals surface area contributed by atoms with E-state index in [0.717, 1.165) is 11.1 Å². The molecule has 1 N–H and O–H groups in total. The fourth-order valence-electron chi connectivity index (χ4n) is 2.97. The number of rotatable bonds is 4. The summed E-state index contributed by atoms with van der Waals surface area (Å²) in [6, 6.07) is 15.6. The van der Waals surface area contributed by atoms with Crippen LogP contribution in [0.25, 0.3) is 16.6 Å². The van der Waals surface area contributed by atoms with Crippen molar-refractivity contribution in [2.45, 2.75) is 0 Å². The van der Waals surface area contributed by atoms with Crippen molar-refractivity contribution in [3.05, 3.63) is 88.9 Å². The number of ketones is 1. The van der Waals surface area contributed by atoms with Crippen LogP contribution in [0, 0.1) is 0 Å². The number of carbonyl (C=O) groups excluding carboxylic acids is 2. The van der Waals surface area contributed by atoms with Gasteiger partial charge in [-0.25, -0.2) is 0 Å². The molecular weight excluding hydrogens is 397 g/mol. The summed E-state index contributed by atoms with van der Waals surface area (Å²) in [5.74, 6) is -1.48. The monoisotopic (exact) mass is 409 g/mol. The van der Waals surface area contributed by atoms with Crippen molar-refractivity contribution in [2.24, 2.45) is 0 Å². The van der Waals surface area contributed by atoms with Crippen LogP contribution in [-0.4, -0.2) is 21.1 Å². The highest BCUT2D eigenvalue weighted by Gasteiger charge is 2.25. The van der Waals surface area contributed by atoms with E-state index >= 15 is 0 Å². The Morgan fingerprint density at radius 3 is 2.61 bits per heavy atom. The molecule has 0 unspecified atom stereocenters. The quantitative estimate of drug-likeness (QED) is 0.375. The van der Waals surface area contributed by atoms with Gasteiger partial charge in [0.2, 0.25) is 0 Å². The van der Waals surface area contributed by atoms with Crippen LogP contribution in [0.3, 0.4) is 0 Å². The molecule has 0 radical (unpaired) electrons. The van der Waals surface area contributed by atoms with Gasteiger partial charge in [-0.1, -0.05) is 35.3 Å². The first kappa shape index (κ1) is 18.2. The average molecular weight is 410 g/mol. The van der Waals surface area contributed by atoms with Crippen molar-refractivity contribution in [3.8, 4) is 11.1 Å². The number of nitrogens with one attached hydrogen (secondary N) is 1. The largest absolute Gasteiger partial charge is 0.318 e. The maximum atomic E-state index is 13.1. The Morgan fingerprint density at radius 1 is 1.00 bits per heavy atom. The van der Waals surface area contributed by atoms with Crippen molar-refractivity contribution in [1.82, 2.24) is 9.38 Å². The van der Waals surface area contributed by atoms with Crippen molar-refractivity contribution in [1.29, 1.82) is 0 Å². The lowest BCUT2D eigenvalue weighted by molar-refractivity contribution is -0.112. The van der Waals surface area contributed by atoms with Gasteiger partial charge in [-0.2, -0.15) is 0 Å². The van der Waals surface area contributed by atoms with E-state index < -0.39 is 11.7 Å². The van der Waals surface area contributed by atoms with Crippen LogP contribution in [0.5, 0.6) is 0 Å². The van der Waals surface area contributed by atoms with Gasteiger partial charge in [0.05, 0.1) is 10.7 Å². The van der Waals surface area contributed by atoms with E-state index in [-0.39, 0.29) is 10.7 Å². The zero-order valence-corrected chi connectivity index (χ0v) is 15.9. The minimum Gasteiger partial charge on any atom is -0.318 e. The molecule has 138 valence electrons. The Labute approximate surface area is 170 Å². The molecule has 0 aliphatic heterocycles. The van der Waals surface area contributed by atoms with Gasteiger partial charge in [0.1, 0.15) is 5.69 Å². The molecule has 1 aromatic carbocycles. The number of Topliss-reactive ketones (excluding diaryl/α,β-unsaturated/α-hetero) is 1. The summed E-state index contributed by atoms with van der Waals surface area (Å²) in [6.45, 7) is 0. The number of fused-ring (bicyclic) bond motifs is 1. The maximum absolute atomic E-state index is 13.1.